The van der Waals surface area contributed by atoms with E-state index in [1.165, 1.54) is 58.0 Å². The van der Waals surface area contributed by atoms with Crippen LogP contribution in [-0.4, -0.2) is 15.3 Å². The molecule has 4 nitrogen and oxygen atoms in total. The number of thioether (sulfide) groups is 1. The molecule has 2 aliphatic heterocycles. The van der Waals surface area contributed by atoms with Crippen molar-refractivity contribution in [3.63, 3.8) is 0 Å². The van der Waals surface area contributed by atoms with Gasteiger partial charge >= 0.3 is 0 Å². The third-order valence-corrected chi connectivity index (χ3v) is 10.6. The average Bonchev–Trinajstić information content (AvgIpc) is 3.68. The van der Waals surface area contributed by atoms with E-state index in [0.717, 1.165) is 12.0 Å². The Morgan fingerprint density at radius 3 is 2.51 bits per heavy atom. The van der Waals surface area contributed by atoms with E-state index in [4.69, 9.17) is 4.74 Å². The fourth-order valence-corrected chi connectivity index (χ4v) is 9.56. The van der Waals surface area contributed by atoms with Crippen LogP contribution in [0.4, 0.5) is 0 Å². The van der Waals surface area contributed by atoms with Crippen LogP contribution < -0.4 is 0 Å². The number of nitriles is 2. The molecule has 0 aliphatic carbocycles. The van der Waals surface area contributed by atoms with Crippen LogP contribution in [0.25, 0.3) is 48.2 Å². The molecule has 0 fully saturated rings. The molecule has 190 valence electrons. The lowest BCUT2D eigenvalue weighted by Crippen LogP contribution is -2.27. The van der Waals surface area contributed by atoms with E-state index in [1.807, 2.05) is 69.0 Å². The molecule has 5 heterocycles. The number of aromatic nitrogens is 1. The number of para-hydroxylation sites is 1. The summed E-state index contributed by atoms with van der Waals surface area (Å²) in [5.41, 5.74) is 3.17. The zero-order valence-corrected chi connectivity index (χ0v) is 23.8. The molecule has 6 heteroatoms. The molecule has 0 radical (unpaired) electrons. The van der Waals surface area contributed by atoms with Gasteiger partial charge in [0.1, 0.15) is 28.3 Å². The zero-order valence-electron chi connectivity index (χ0n) is 22.1. The van der Waals surface area contributed by atoms with Gasteiger partial charge in [0.25, 0.3) is 0 Å². The molecule has 8 rings (SSSR count). The van der Waals surface area contributed by atoms with E-state index < -0.39 is 5.60 Å². The van der Waals surface area contributed by atoms with Crippen LogP contribution in [0.5, 0.6) is 0 Å². The third kappa shape index (κ3) is 3.16. The number of fused-ring (bicyclic) bond motifs is 8. The van der Waals surface area contributed by atoms with Gasteiger partial charge in [0.05, 0.1) is 11.0 Å². The van der Waals surface area contributed by atoms with Gasteiger partial charge in [-0.25, -0.2) is 0 Å². The highest BCUT2D eigenvalue weighted by Crippen LogP contribution is 2.55. The lowest BCUT2D eigenvalue weighted by molar-refractivity contribution is 0.0913. The SMILES string of the molecule is CC.CC1(C)OC(=C(C#N)C#N)C=C1C1Cc2sc3c(c2S1)c1cccc2ccc4c5ccccc5n3c4c21. The summed E-state index contributed by atoms with van der Waals surface area (Å²) in [6.07, 6.45) is 2.84. The summed E-state index contributed by atoms with van der Waals surface area (Å²) in [6.45, 7) is 8.06. The number of pyridine rings is 1. The summed E-state index contributed by atoms with van der Waals surface area (Å²) < 4.78 is 8.59. The third-order valence-electron chi connectivity index (χ3n) is 7.86. The number of hydrogen-bond acceptors (Lipinski definition) is 5. The number of thiophene rings is 1. The Hall–Kier alpha value is -3.97. The minimum Gasteiger partial charge on any atom is -0.481 e. The van der Waals surface area contributed by atoms with Crippen LogP contribution in [0.3, 0.4) is 0 Å². The predicted octanol–water partition coefficient (Wildman–Crippen LogP) is 9.13. The van der Waals surface area contributed by atoms with E-state index in [1.54, 1.807) is 0 Å². The highest BCUT2D eigenvalue weighted by Gasteiger charge is 2.42. The van der Waals surface area contributed by atoms with E-state index >= 15 is 0 Å². The molecule has 0 spiro atoms. The van der Waals surface area contributed by atoms with Gasteiger partial charge in [-0.15, -0.1) is 23.1 Å². The van der Waals surface area contributed by atoms with Crippen molar-refractivity contribution >= 4 is 71.3 Å². The fourth-order valence-electron chi connectivity index (χ4n) is 6.29. The van der Waals surface area contributed by atoms with Gasteiger partial charge in [-0.2, -0.15) is 10.5 Å². The van der Waals surface area contributed by atoms with Crippen LogP contribution >= 0.6 is 23.1 Å². The lowest BCUT2D eigenvalue weighted by Gasteiger charge is -2.26. The number of benzene rings is 3. The topological polar surface area (TPSA) is 61.2 Å². The summed E-state index contributed by atoms with van der Waals surface area (Å²) >= 11 is 3.80. The fraction of sp³-hybridized carbons (Fsp3) is 0.212. The van der Waals surface area contributed by atoms with Gasteiger partial charge < -0.3 is 4.74 Å². The molecule has 2 aliphatic rings. The first-order valence-corrected chi connectivity index (χ1v) is 14.9. The lowest BCUT2D eigenvalue weighted by atomic mass is 9.94. The quantitative estimate of drug-likeness (QED) is 0.194. The second-order valence-corrected chi connectivity index (χ2v) is 12.5. The van der Waals surface area contributed by atoms with Crippen LogP contribution in [0.1, 0.15) is 32.6 Å². The molecule has 0 saturated carbocycles. The summed E-state index contributed by atoms with van der Waals surface area (Å²) in [5.74, 6) is 0.391. The van der Waals surface area contributed by atoms with Crippen molar-refractivity contribution in [1.82, 2.24) is 4.40 Å². The van der Waals surface area contributed by atoms with Crippen molar-refractivity contribution in [2.75, 3.05) is 0 Å². The summed E-state index contributed by atoms with van der Waals surface area (Å²) in [5, 5.41) is 26.8. The van der Waals surface area contributed by atoms with Gasteiger partial charge in [-0.1, -0.05) is 62.4 Å². The van der Waals surface area contributed by atoms with Gasteiger partial charge in [0.2, 0.25) is 0 Å². The van der Waals surface area contributed by atoms with Crippen LogP contribution in [-0.2, 0) is 11.2 Å². The average molecular weight is 544 g/mol. The first-order chi connectivity index (χ1) is 19.0. The van der Waals surface area contributed by atoms with Crippen LogP contribution in [0, 0.1) is 22.7 Å². The van der Waals surface area contributed by atoms with Crippen LogP contribution in [0.15, 0.2) is 82.5 Å². The number of ether oxygens (including phenoxy) is 1. The maximum Gasteiger partial charge on any atom is 0.171 e. The van der Waals surface area contributed by atoms with E-state index in [9.17, 15) is 10.5 Å². The Balaban J connectivity index is 0.00000124. The number of rotatable bonds is 1. The minimum atomic E-state index is -0.560. The van der Waals surface area contributed by atoms with Gasteiger partial charge in [0.15, 0.2) is 5.57 Å². The van der Waals surface area contributed by atoms with Crippen molar-refractivity contribution in [3.05, 3.63) is 82.5 Å². The highest BCUT2D eigenvalue weighted by molar-refractivity contribution is 8.00. The summed E-state index contributed by atoms with van der Waals surface area (Å²) in [4.78, 5) is 4.06. The first-order valence-electron chi connectivity index (χ1n) is 13.2. The minimum absolute atomic E-state index is 0.0324. The Bertz CT molecular complexity index is 2110. The maximum absolute atomic E-state index is 9.38. The van der Waals surface area contributed by atoms with Crippen molar-refractivity contribution in [2.24, 2.45) is 0 Å². The largest absolute Gasteiger partial charge is 0.481 e. The molecule has 0 amide bonds. The molecular weight excluding hydrogens is 519 g/mol. The molecule has 0 saturated heterocycles. The molecular formula is C33H25N3OS2. The van der Waals surface area contributed by atoms with Gasteiger partial charge in [-0.05, 0) is 48.8 Å². The second kappa shape index (κ2) is 8.52. The number of allylic oxidation sites excluding steroid dienone is 2. The zero-order chi connectivity index (χ0) is 27.1. The number of hydrogen-bond donors (Lipinski definition) is 0. The van der Waals surface area contributed by atoms with Gasteiger partial charge in [-0.3, -0.25) is 4.40 Å². The summed E-state index contributed by atoms with van der Waals surface area (Å²) in [7, 11) is 0. The molecule has 1 unspecified atom stereocenters. The molecule has 0 N–H and O–H groups in total. The molecule has 6 aromatic rings. The number of nitrogens with zero attached hydrogens (tertiary/aromatic N) is 3. The van der Waals surface area contributed by atoms with Crippen molar-refractivity contribution in [2.45, 2.75) is 49.9 Å². The van der Waals surface area contributed by atoms with Crippen LogP contribution in [0.2, 0.25) is 0 Å². The normalized spacial score (nSPS) is 17.7. The Labute approximate surface area is 234 Å². The molecule has 3 aromatic carbocycles. The Kier molecular flexibility index (Phi) is 5.26. The Morgan fingerprint density at radius 1 is 0.949 bits per heavy atom. The standard InChI is InChI=1S/C31H19N3OS2.C2H6/c1-31(2)21(12-23(35-31)17(14-32)15-33)24-13-25-29(36-24)27-20-8-5-6-16-10-11-19-18-7-3-4-9-22(18)34(30(27)37-25)28(19)26(16)20;1-2/h3-12,24H,13H2,1-2H3;1-2H3. The molecule has 39 heavy (non-hydrogen) atoms. The second-order valence-electron chi connectivity index (χ2n) is 10.2. The van der Waals surface area contributed by atoms with Crippen molar-refractivity contribution in [3.8, 4) is 12.1 Å². The van der Waals surface area contributed by atoms with E-state index in [-0.39, 0.29) is 10.8 Å². The van der Waals surface area contributed by atoms with Crippen molar-refractivity contribution in [1.29, 1.82) is 10.5 Å². The van der Waals surface area contributed by atoms with Crippen molar-refractivity contribution < 1.29 is 4.74 Å². The molecule has 0 bridgehead atoms. The molecule has 1 atom stereocenters. The predicted molar refractivity (Wildman–Crippen MR) is 163 cm³/mol. The van der Waals surface area contributed by atoms with Gasteiger partial charge in [0, 0.05) is 36.6 Å². The summed E-state index contributed by atoms with van der Waals surface area (Å²) in [6, 6.07) is 23.9. The first kappa shape index (κ1) is 24.1. The maximum atomic E-state index is 9.38. The smallest absolute Gasteiger partial charge is 0.171 e. The monoisotopic (exact) mass is 543 g/mol. The Morgan fingerprint density at radius 2 is 1.72 bits per heavy atom. The van der Waals surface area contributed by atoms with E-state index in [2.05, 4.69) is 59.0 Å². The van der Waals surface area contributed by atoms with E-state index in [0.29, 0.717) is 5.76 Å². The highest BCUT2D eigenvalue weighted by atomic mass is 32.2. The molecule has 3 aromatic heterocycles.